The summed E-state index contributed by atoms with van der Waals surface area (Å²) in [6.07, 6.45) is 3.08. The minimum absolute atomic E-state index is 0.0902. The maximum atomic E-state index is 12.5. The molecule has 136 valence electrons. The SMILES string of the molecule is COC(=O)c1cc(OC)ccc1NC(=O)c1ccc(-c2ccnnc2)nn1. The predicted molar refractivity (Wildman–Crippen MR) is 95.3 cm³/mol. The third-order valence-electron chi connectivity index (χ3n) is 3.66. The summed E-state index contributed by atoms with van der Waals surface area (Å²) < 4.78 is 9.84. The van der Waals surface area contributed by atoms with E-state index in [-0.39, 0.29) is 16.9 Å². The fraction of sp³-hybridized carbons (Fsp3) is 0.111. The molecule has 0 aliphatic heterocycles. The normalized spacial score (nSPS) is 10.1. The summed E-state index contributed by atoms with van der Waals surface area (Å²) in [6, 6.07) is 9.55. The van der Waals surface area contributed by atoms with Gasteiger partial charge in [-0.05, 0) is 36.4 Å². The highest BCUT2D eigenvalue weighted by Gasteiger charge is 2.17. The molecule has 9 nitrogen and oxygen atoms in total. The molecule has 9 heteroatoms. The first-order valence-electron chi connectivity index (χ1n) is 7.81. The van der Waals surface area contributed by atoms with Gasteiger partial charge in [0.25, 0.3) is 5.91 Å². The number of anilines is 1. The van der Waals surface area contributed by atoms with Gasteiger partial charge in [0.15, 0.2) is 5.69 Å². The fourth-order valence-electron chi connectivity index (χ4n) is 2.27. The van der Waals surface area contributed by atoms with Crippen LogP contribution >= 0.6 is 0 Å². The summed E-state index contributed by atoms with van der Waals surface area (Å²) in [5.74, 6) is -0.656. The minimum atomic E-state index is -0.601. The Morgan fingerprint density at radius 2 is 1.85 bits per heavy atom. The molecule has 2 heterocycles. The molecule has 0 aliphatic rings. The van der Waals surface area contributed by atoms with Gasteiger partial charge in [0.2, 0.25) is 0 Å². The Labute approximate surface area is 154 Å². The van der Waals surface area contributed by atoms with Crippen molar-refractivity contribution in [2.24, 2.45) is 0 Å². The Morgan fingerprint density at radius 3 is 2.48 bits per heavy atom. The number of amides is 1. The van der Waals surface area contributed by atoms with Gasteiger partial charge in [-0.15, -0.1) is 10.2 Å². The molecule has 0 fully saturated rings. The zero-order valence-corrected chi connectivity index (χ0v) is 14.5. The second-order valence-electron chi connectivity index (χ2n) is 5.29. The van der Waals surface area contributed by atoms with Gasteiger partial charge in [0.05, 0.1) is 43.6 Å². The lowest BCUT2D eigenvalue weighted by Gasteiger charge is -2.11. The van der Waals surface area contributed by atoms with Gasteiger partial charge in [-0.1, -0.05) is 0 Å². The molecule has 1 amide bonds. The average Bonchev–Trinajstić information content (AvgIpc) is 2.74. The molecule has 0 saturated carbocycles. The second-order valence-corrected chi connectivity index (χ2v) is 5.29. The van der Waals surface area contributed by atoms with Gasteiger partial charge in [-0.3, -0.25) is 4.79 Å². The van der Waals surface area contributed by atoms with Crippen molar-refractivity contribution in [3.8, 4) is 17.0 Å². The largest absolute Gasteiger partial charge is 0.497 e. The molecule has 1 aromatic carbocycles. The molecule has 0 unspecified atom stereocenters. The van der Waals surface area contributed by atoms with Crippen LogP contribution in [0.1, 0.15) is 20.8 Å². The maximum absolute atomic E-state index is 12.5. The van der Waals surface area contributed by atoms with Gasteiger partial charge in [0, 0.05) is 5.56 Å². The van der Waals surface area contributed by atoms with Crippen LogP contribution < -0.4 is 10.1 Å². The molecule has 1 N–H and O–H groups in total. The first kappa shape index (κ1) is 17.9. The van der Waals surface area contributed by atoms with Crippen LogP contribution in [0.4, 0.5) is 5.69 Å². The second kappa shape index (κ2) is 8.00. The molecule has 0 radical (unpaired) electrons. The van der Waals surface area contributed by atoms with E-state index >= 15 is 0 Å². The Morgan fingerprint density at radius 1 is 1.00 bits per heavy atom. The minimum Gasteiger partial charge on any atom is -0.497 e. The van der Waals surface area contributed by atoms with Crippen molar-refractivity contribution in [2.45, 2.75) is 0 Å². The number of nitrogens with zero attached hydrogens (tertiary/aromatic N) is 4. The first-order valence-corrected chi connectivity index (χ1v) is 7.81. The van der Waals surface area contributed by atoms with E-state index in [1.165, 1.54) is 32.5 Å². The summed E-state index contributed by atoms with van der Waals surface area (Å²) in [6.45, 7) is 0. The number of carbonyl (C=O) groups is 2. The third-order valence-corrected chi connectivity index (χ3v) is 3.66. The molecule has 27 heavy (non-hydrogen) atoms. The van der Waals surface area contributed by atoms with Crippen LogP contribution in [-0.4, -0.2) is 46.5 Å². The number of methoxy groups -OCH3 is 2. The molecule has 0 saturated heterocycles. The molecular weight excluding hydrogens is 350 g/mol. The number of hydrogen-bond donors (Lipinski definition) is 1. The number of rotatable bonds is 5. The standard InChI is InChI=1S/C18H15N5O4/c1-26-12-3-4-15(13(9-12)18(25)27-2)21-17(24)16-6-5-14(22-23-16)11-7-8-19-20-10-11/h3-10H,1-2H3,(H,21,24). The summed E-state index contributed by atoms with van der Waals surface area (Å²) in [5.41, 5.74) is 1.82. The van der Waals surface area contributed by atoms with Crippen LogP contribution in [0.3, 0.4) is 0 Å². The van der Waals surface area contributed by atoms with Crippen LogP contribution in [-0.2, 0) is 4.74 Å². The zero-order valence-electron chi connectivity index (χ0n) is 14.5. The van der Waals surface area contributed by atoms with Crippen molar-refractivity contribution in [3.63, 3.8) is 0 Å². The van der Waals surface area contributed by atoms with E-state index in [1.54, 1.807) is 30.5 Å². The average molecular weight is 365 g/mol. The number of esters is 1. The van der Waals surface area contributed by atoms with Gasteiger partial charge < -0.3 is 14.8 Å². The van der Waals surface area contributed by atoms with Gasteiger partial charge in [-0.25, -0.2) is 4.79 Å². The predicted octanol–water partition coefficient (Wildman–Crippen LogP) is 1.98. The first-order chi connectivity index (χ1) is 13.1. The van der Waals surface area contributed by atoms with Crippen LogP contribution in [0.15, 0.2) is 48.8 Å². The van der Waals surface area contributed by atoms with Gasteiger partial charge in [0.1, 0.15) is 5.75 Å². The van der Waals surface area contributed by atoms with E-state index in [9.17, 15) is 9.59 Å². The lowest BCUT2D eigenvalue weighted by atomic mass is 10.1. The smallest absolute Gasteiger partial charge is 0.340 e. The maximum Gasteiger partial charge on any atom is 0.340 e. The Balaban J connectivity index is 1.82. The number of nitrogens with one attached hydrogen (secondary N) is 1. The molecule has 0 spiro atoms. The van der Waals surface area contributed by atoms with Crippen molar-refractivity contribution in [1.82, 2.24) is 20.4 Å². The Hall–Kier alpha value is -3.88. The van der Waals surface area contributed by atoms with Crippen molar-refractivity contribution in [2.75, 3.05) is 19.5 Å². The monoisotopic (exact) mass is 365 g/mol. The molecule has 0 atom stereocenters. The van der Waals surface area contributed by atoms with Crippen molar-refractivity contribution in [1.29, 1.82) is 0 Å². The highest BCUT2D eigenvalue weighted by Crippen LogP contribution is 2.23. The molecule has 0 bridgehead atoms. The lowest BCUT2D eigenvalue weighted by molar-refractivity contribution is 0.0601. The highest BCUT2D eigenvalue weighted by atomic mass is 16.5. The van der Waals surface area contributed by atoms with E-state index in [1.807, 2.05) is 0 Å². The van der Waals surface area contributed by atoms with E-state index in [2.05, 4.69) is 25.7 Å². The van der Waals surface area contributed by atoms with Crippen molar-refractivity contribution in [3.05, 3.63) is 60.0 Å². The molecular formula is C18H15N5O4. The molecule has 0 aliphatic carbocycles. The topological polar surface area (TPSA) is 116 Å². The van der Waals surface area contributed by atoms with E-state index in [0.717, 1.165) is 5.56 Å². The van der Waals surface area contributed by atoms with Gasteiger partial charge >= 0.3 is 5.97 Å². The Kier molecular flexibility index (Phi) is 5.31. The van der Waals surface area contributed by atoms with Crippen LogP contribution in [0, 0.1) is 0 Å². The van der Waals surface area contributed by atoms with Crippen molar-refractivity contribution < 1.29 is 19.1 Å². The lowest BCUT2D eigenvalue weighted by Crippen LogP contribution is -2.17. The van der Waals surface area contributed by atoms with Crippen LogP contribution in [0.25, 0.3) is 11.3 Å². The molecule has 3 rings (SSSR count). The van der Waals surface area contributed by atoms with Gasteiger partial charge in [-0.2, -0.15) is 10.2 Å². The van der Waals surface area contributed by atoms with Crippen LogP contribution in [0.5, 0.6) is 5.75 Å². The quantitative estimate of drug-likeness (QED) is 0.682. The zero-order chi connectivity index (χ0) is 19.2. The summed E-state index contributed by atoms with van der Waals surface area (Å²) in [5, 5.41) is 18.1. The molecule has 3 aromatic rings. The number of hydrogen-bond acceptors (Lipinski definition) is 8. The van der Waals surface area contributed by atoms with Crippen molar-refractivity contribution >= 4 is 17.6 Å². The number of benzene rings is 1. The molecule has 2 aromatic heterocycles. The Bertz CT molecular complexity index is 961. The van der Waals surface area contributed by atoms with E-state index in [4.69, 9.17) is 9.47 Å². The van der Waals surface area contributed by atoms with E-state index in [0.29, 0.717) is 11.4 Å². The third kappa shape index (κ3) is 4.03. The van der Waals surface area contributed by atoms with E-state index < -0.39 is 11.9 Å². The summed E-state index contributed by atoms with van der Waals surface area (Å²) in [4.78, 5) is 24.4. The summed E-state index contributed by atoms with van der Waals surface area (Å²) in [7, 11) is 2.73. The number of carbonyl (C=O) groups excluding carboxylic acids is 2. The summed E-state index contributed by atoms with van der Waals surface area (Å²) >= 11 is 0. The number of aromatic nitrogens is 4. The van der Waals surface area contributed by atoms with Crippen LogP contribution in [0.2, 0.25) is 0 Å². The number of ether oxygens (including phenoxy) is 2. The highest BCUT2D eigenvalue weighted by molar-refractivity contribution is 6.07. The fourth-order valence-corrected chi connectivity index (χ4v) is 2.27.